The van der Waals surface area contributed by atoms with Crippen LogP contribution in [0.15, 0.2) is 40.9 Å². The molecular formula is C19H20N4O2. The Balaban J connectivity index is 1.81. The van der Waals surface area contributed by atoms with E-state index in [2.05, 4.69) is 22.1 Å². The van der Waals surface area contributed by atoms with Crippen LogP contribution in [0.5, 0.6) is 0 Å². The Bertz CT molecular complexity index is 908. The Morgan fingerprint density at radius 1 is 1.16 bits per heavy atom. The number of benzene rings is 1. The number of carbonyl (C=O) groups is 1. The minimum absolute atomic E-state index is 0.0645. The van der Waals surface area contributed by atoms with Crippen molar-refractivity contribution < 1.29 is 9.21 Å². The van der Waals surface area contributed by atoms with Gasteiger partial charge in [0.2, 0.25) is 0 Å². The molecule has 0 radical (unpaired) electrons. The molecule has 0 aliphatic carbocycles. The lowest BCUT2D eigenvalue weighted by molar-refractivity contribution is 0.0965. The van der Waals surface area contributed by atoms with Crippen LogP contribution in [-0.2, 0) is 12.8 Å². The molecule has 0 aliphatic rings. The summed E-state index contributed by atoms with van der Waals surface area (Å²) in [7, 11) is 0. The summed E-state index contributed by atoms with van der Waals surface area (Å²) >= 11 is 0. The van der Waals surface area contributed by atoms with Crippen molar-refractivity contribution in [2.24, 2.45) is 5.73 Å². The van der Waals surface area contributed by atoms with Gasteiger partial charge in [-0.1, -0.05) is 24.3 Å². The summed E-state index contributed by atoms with van der Waals surface area (Å²) in [5.41, 5.74) is 16.5. The molecule has 0 saturated carbocycles. The van der Waals surface area contributed by atoms with Crippen LogP contribution in [0.25, 0.3) is 0 Å². The highest BCUT2D eigenvalue weighted by atomic mass is 16.4. The number of pyridine rings is 1. The SMILES string of the molecule is Cc1cc(N)nc(C)c1Cc1cccc(Cc2cnc(C(N)=O)o2)c1. The molecule has 0 atom stereocenters. The first-order valence-corrected chi connectivity index (χ1v) is 7.97. The molecule has 0 aliphatic heterocycles. The lowest BCUT2D eigenvalue weighted by Crippen LogP contribution is -2.10. The summed E-state index contributed by atoms with van der Waals surface area (Å²) in [6.45, 7) is 4.02. The normalized spacial score (nSPS) is 10.8. The maximum Gasteiger partial charge on any atom is 0.304 e. The average Bonchev–Trinajstić information content (AvgIpc) is 3.00. The predicted octanol–water partition coefficient (Wildman–Crippen LogP) is 2.55. The van der Waals surface area contributed by atoms with Crippen LogP contribution < -0.4 is 11.5 Å². The number of nitrogen functional groups attached to an aromatic ring is 1. The van der Waals surface area contributed by atoms with Gasteiger partial charge in [-0.05, 0) is 48.6 Å². The largest absolute Gasteiger partial charge is 0.437 e. The fourth-order valence-corrected chi connectivity index (χ4v) is 2.91. The second-order valence-corrected chi connectivity index (χ2v) is 6.10. The zero-order valence-corrected chi connectivity index (χ0v) is 14.2. The zero-order chi connectivity index (χ0) is 18.0. The summed E-state index contributed by atoms with van der Waals surface area (Å²) < 4.78 is 5.35. The molecule has 6 heteroatoms. The fraction of sp³-hybridized carbons (Fsp3) is 0.211. The summed E-state index contributed by atoms with van der Waals surface area (Å²) in [5, 5.41) is 0. The molecule has 2 aromatic heterocycles. The number of nitrogens with zero attached hydrogens (tertiary/aromatic N) is 2. The second-order valence-electron chi connectivity index (χ2n) is 6.10. The molecule has 128 valence electrons. The Morgan fingerprint density at radius 2 is 1.88 bits per heavy atom. The van der Waals surface area contributed by atoms with Gasteiger partial charge in [0.15, 0.2) is 0 Å². The summed E-state index contributed by atoms with van der Waals surface area (Å²) in [6, 6.07) is 10.1. The second kappa shape index (κ2) is 6.76. The first kappa shape index (κ1) is 16.7. The van der Waals surface area contributed by atoms with Gasteiger partial charge < -0.3 is 15.9 Å². The van der Waals surface area contributed by atoms with Gasteiger partial charge in [-0.25, -0.2) is 9.97 Å². The van der Waals surface area contributed by atoms with Gasteiger partial charge in [0, 0.05) is 12.1 Å². The number of primary amides is 1. The van der Waals surface area contributed by atoms with Crippen molar-refractivity contribution in [3.63, 3.8) is 0 Å². The highest BCUT2D eigenvalue weighted by Crippen LogP contribution is 2.20. The van der Waals surface area contributed by atoms with Crippen LogP contribution in [0.4, 0.5) is 5.82 Å². The van der Waals surface area contributed by atoms with Crippen molar-refractivity contribution >= 4 is 11.7 Å². The van der Waals surface area contributed by atoms with Crippen molar-refractivity contribution in [2.45, 2.75) is 26.7 Å². The van der Waals surface area contributed by atoms with Gasteiger partial charge in [0.05, 0.1) is 6.20 Å². The molecular weight excluding hydrogens is 316 g/mol. The van der Waals surface area contributed by atoms with Gasteiger partial charge in [0.1, 0.15) is 11.6 Å². The number of oxazole rings is 1. The Hall–Kier alpha value is -3.15. The number of anilines is 1. The molecule has 0 fully saturated rings. The third-order valence-electron chi connectivity index (χ3n) is 4.09. The van der Waals surface area contributed by atoms with Crippen molar-refractivity contribution in [3.8, 4) is 0 Å². The van der Waals surface area contributed by atoms with E-state index in [1.54, 1.807) is 0 Å². The van der Waals surface area contributed by atoms with Crippen molar-refractivity contribution in [3.05, 3.63) is 76.1 Å². The van der Waals surface area contributed by atoms with E-state index >= 15 is 0 Å². The molecule has 3 aromatic rings. The van der Waals surface area contributed by atoms with E-state index in [1.807, 2.05) is 32.0 Å². The topological polar surface area (TPSA) is 108 Å². The van der Waals surface area contributed by atoms with E-state index in [1.165, 1.54) is 17.3 Å². The third-order valence-corrected chi connectivity index (χ3v) is 4.09. The van der Waals surface area contributed by atoms with Crippen molar-refractivity contribution in [2.75, 3.05) is 5.73 Å². The van der Waals surface area contributed by atoms with Crippen molar-refractivity contribution in [1.82, 2.24) is 9.97 Å². The standard InChI is InChI=1S/C19H20N4O2/c1-11-6-17(20)23-12(2)16(11)9-14-5-3-4-13(7-14)8-15-10-22-19(25-15)18(21)24/h3-7,10H,8-9H2,1-2H3,(H2,20,23)(H2,21,24). The van der Waals surface area contributed by atoms with Crippen molar-refractivity contribution in [1.29, 1.82) is 0 Å². The monoisotopic (exact) mass is 336 g/mol. The fourth-order valence-electron chi connectivity index (χ4n) is 2.91. The third kappa shape index (κ3) is 3.85. The lowest BCUT2D eigenvalue weighted by Gasteiger charge is -2.11. The molecule has 1 aromatic carbocycles. The smallest absolute Gasteiger partial charge is 0.304 e. The number of hydrogen-bond donors (Lipinski definition) is 2. The number of rotatable bonds is 5. The number of aryl methyl sites for hydroxylation is 2. The Labute approximate surface area is 145 Å². The van der Waals surface area contributed by atoms with E-state index in [0.717, 1.165) is 23.2 Å². The first-order chi connectivity index (χ1) is 11.9. The minimum atomic E-state index is -0.665. The molecule has 0 spiro atoms. The van der Waals surface area contributed by atoms with Gasteiger partial charge in [-0.3, -0.25) is 4.79 Å². The van der Waals surface area contributed by atoms with E-state index in [-0.39, 0.29) is 5.89 Å². The van der Waals surface area contributed by atoms with Gasteiger partial charge in [-0.15, -0.1) is 0 Å². The lowest BCUT2D eigenvalue weighted by atomic mass is 9.97. The number of amides is 1. The number of carbonyl (C=O) groups excluding carboxylic acids is 1. The molecule has 4 N–H and O–H groups in total. The van der Waals surface area contributed by atoms with E-state index in [9.17, 15) is 4.79 Å². The Kier molecular flexibility index (Phi) is 4.52. The Morgan fingerprint density at radius 3 is 2.52 bits per heavy atom. The molecule has 0 bridgehead atoms. The molecule has 0 unspecified atom stereocenters. The molecule has 6 nitrogen and oxygen atoms in total. The number of aromatic nitrogens is 2. The molecule has 0 saturated heterocycles. The van der Waals surface area contributed by atoms with Crippen LogP contribution in [0, 0.1) is 13.8 Å². The average molecular weight is 336 g/mol. The van der Waals surface area contributed by atoms with E-state index in [0.29, 0.717) is 18.0 Å². The maximum atomic E-state index is 11.1. The highest BCUT2D eigenvalue weighted by molar-refractivity contribution is 5.87. The van der Waals surface area contributed by atoms with Crippen LogP contribution in [0.3, 0.4) is 0 Å². The van der Waals surface area contributed by atoms with Crippen LogP contribution in [0.1, 0.15) is 44.4 Å². The van der Waals surface area contributed by atoms with Crippen LogP contribution >= 0.6 is 0 Å². The molecule has 3 rings (SSSR count). The predicted molar refractivity (Wildman–Crippen MR) is 95.2 cm³/mol. The summed E-state index contributed by atoms with van der Waals surface area (Å²) in [6.07, 6.45) is 2.86. The number of hydrogen-bond acceptors (Lipinski definition) is 5. The van der Waals surface area contributed by atoms with E-state index < -0.39 is 5.91 Å². The molecule has 1 amide bonds. The summed E-state index contributed by atoms with van der Waals surface area (Å²) in [4.78, 5) is 19.3. The van der Waals surface area contributed by atoms with E-state index in [4.69, 9.17) is 15.9 Å². The number of nitrogens with two attached hydrogens (primary N) is 2. The molecule has 25 heavy (non-hydrogen) atoms. The van der Waals surface area contributed by atoms with Gasteiger partial charge in [-0.2, -0.15) is 0 Å². The van der Waals surface area contributed by atoms with Crippen LogP contribution in [0.2, 0.25) is 0 Å². The molecule has 2 heterocycles. The van der Waals surface area contributed by atoms with Gasteiger partial charge >= 0.3 is 5.91 Å². The zero-order valence-electron chi connectivity index (χ0n) is 14.2. The minimum Gasteiger partial charge on any atom is -0.437 e. The summed E-state index contributed by atoms with van der Waals surface area (Å²) in [5.74, 6) is 0.419. The first-order valence-electron chi connectivity index (χ1n) is 7.97. The van der Waals surface area contributed by atoms with Gasteiger partial charge in [0.25, 0.3) is 5.89 Å². The quantitative estimate of drug-likeness (QED) is 0.744. The maximum absolute atomic E-state index is 11.1. The van der Waals surface area contributed by atoms with Crippen LogP contribution in [-0.4, -0.2) is 15.9 Å². The highest BCUT2D eigenvalue weighted by Gasteiger charge is 2.11.